The van der Waals surface area contributed by atoms with E-state index in [1.807, 2.05) is 24.4 Å². The minimum absolute atomic E-state index is 0.840. The molecule has 4 nitrogen and oxygen atoms in total. The number of fused-ring (bicyclic) bond motifs is 1. The molecular weight excluding hydrogens is 236 g/mol. The summed E-state index contributed by atoms with van der Waals surface area (Å²) in [5.74, 6) is 0.927. The third-order valence-corrected chi connectivity index (χ3v) is 3.18. The first-order valence-electron chi connectivity index (χ1n) is 6.40. The Morgan fingerprint density at radius 3 is 3.00 bits per heavy atom. The molecule has 0 amide bonds. The van der Waals surface area contributed by atoms with Crippen molar-refractivity contribution >= 4 is 16.7 Å². The van der Waals surface area contributed by atoms with Gasteiger partial charge in [0.15, 0.2) is 0 Å². The predicted molar refractivity (Wildman–Crippen MR) is 77.3 cm³/mol. The number of rotatable bonds is 4. The molecule has 0 aliphatic rings. The minimum atomic E-state index is 0.840. The van der Waals surface area contributed by atoms with Gasteiger partial charge in [0.05, 0.1) is 11.8 Å². The van der Waals surface area contributed by atoms with Crippen molar-refractivity contribution in [2.24, 2.45) is 0 Å². The fraction of sp³-hybridized carbons (Fsp3) is 0.200. The molecule has 0 bridgehead atoms. The second kappa shape index (κ2) is 5.10. The highest BCUT2D eigenvalue weighted by atomic mass is 15.0. The highest BCUT2D eigenvalue weighted by Crippen LogP contribution is 2.19. The SMILES string of the molecule is Cc1cc(NCCc2cnc[nH]2)nc2ccccc12. The zero-order valence-corrected chi connectivity index (χ0v) is 10.9. The lowest BCUT2D eigenvalue weighted by Crippen LogP contribution is -2.06. The lowest BCUT2D eigenvalue weighted by Gasteiger charge is -2.08. The quantitative estimate of drug-likeness (QED) is 0.750. The maximum atomic E-state index is 4.62. The van der Waals surface area contributed by atoms with Crippen LogP contribution in [-0.2, 0) is 6.42 Å². The number of anilines is 1. The summed E-state index contributed by atoms with van der Waals surface area (Å²) in [5.41, 5.74) is 3.41. The summed E-state index contributed by atoms with van der Waals surface area (Å²) in [4.78, 5) is 11.7. The number of aromatic nitrogens is 3. The van der Waals surface area contributed by atoms with Crippen molar-refractivity contribution in [2.45, 2.75) is 13.3 Å². The Bertz CT molecular complexity index is 674. The second-order valence-electron chi connectivity index (χ2n) is 4.60. The first kappa shape index (κ1) is 11.7. The zero-order chi connectivity index (χ0) is 13.1. The highest BCUT2D eigenvalue weighted by molar-refractivity contribution is 5.83. The van der Waals surface area contributed by atoms with Gasteiger partial charge in [-0.15, -0.1) is 0 Å². The average molecular weight is 252 g/mol. The number of nitrogens with zero attached hydrogens (tertiary/aromatic N) is 2. The van der Waals surface area contributed by atoms with Crippen LogP contribution in [0.3, 0.4) is 0 Å². The van der Waals surface area contributed by atoms with Gasteiger partial charge in [0.25, 0.3) is 0 Å². The molecule has 2 aromatic heterocycles. The Kier molecular flexibility index (Phi) is 3.14. The van der Waals surface area contributed by atoms with Crippen molar-refractivity contribution in [2.75, 3.05) is 11.9 Å². The zero-order valence-electron chi connectivity index (χ0n) is 10.9. The maximum absolute atomic E-state index is 4.62. The smallest absolute Gasteiger partial charge is 0.126 e. The molecule has 3 aromatic rings. The van der Waals surface area contributed by atoms with E-state index in [9.17, 15) is 0 Å². The van der Waals surface area contributed by atoms with Gasteiger partial charge >= 0.3 is 0 Å². The van der Waals surface area contributed by atoms with Crippen molar-refractivity contribution in [3.8, 4) is 0 Å². The van der Waals surface area contributed by atoms with Gasteiger partial charge < -0.3 is 10.3 Å². The van der Waals surface area contributed by atoms with Gasteiger partial charge in [-0.1, -0.05) is 18.2 Å². The summed E-state index contributed by atoms with van der Waals surface area (Å²) in [6.45, 7) is 2.96. The van der Waals surface area contributed by atoms with Gasteiger partial charge in [0, 0.05) is 30.2 Å². The topological polar surface area (TPSA) is 53.6 Å². The van der Waals surface area contributed by atoms with E-state index in [1.54, 1.807) is 6.33 Å². The van der Waals surface area contributed by atoms with E-state index in [0.29, 0.717) is 0 Å². The summed E-state index contributed by atoms with van der Waals surface area (Å²) in [7, 11) is 0. The Morgan fingerprint density at radius 1 is 1.26 bits per heavy atom. The number of aryl methyl sites for hydroxylation is 1. The van der Waals surface area contributed by atoms with Crippen LogP contribution in [0, 0.1) is 6.92 Å². The van der Waals surface area contributed by atoms with Crippen molar-refractivity contribution < 1.29 is 0 Å². The maximum Gasteiger partial charge on any atom is 0.126 e. The van der Waals surface area contributed by atoms with Crippen molar-refractivity contribution in [3.05, 3.63) is 54.1 Å². The van der Waals surface area contributed by atoms with Crippen LogP contribution in [0.15, 0.2) is 42.9 Å². The van der Waals surface area contributed by atoms with Crippen LogP contribution in [0.1, 0.15) is 11.3 Å². The van der Waals surface area contributed by atoms with Crippen LogP contribution < -0.4 is 5.32 Å². The van der Waals surface area contributed by atoms with E-state index in [4.69, 9.17) is 0 Å². The van der Waals surface area contributed by atoms with E-state index in [0.717, 1.165) is 30.0 Å². The molecule has 0 saturated heterocycles. The largest absolute Gasteiger partial charge is 0.370 e. The van der Waals surface area contributed by atoms with E-state index >= 15 is 0 Å². The van der Waals surface area contributed by atoms with Crippen LogP contribution >= 0.6 is 0 Å². The molecule has 0 atom stereocenters. The molecule has 0 aliphatic carbocycles. The van der Waals surface area contributed by atoms with Crippen LogP contribution in [-0.4, -0.2) is 21.5 Å². The summed E-state index contributed by atoms with van der Waals surface area (Å²) in [6, 6.07) is 10.3. The summed E-state index contributed by atoms with van der Waals surface area (Å²) < 4.78 is 0. The van der Waals surface area contributed by atoms with Gasteiger partial charge in [-0.3, -0.25) is 0 Å². The molecule has 2 heterocycles. The number of imidazole rings is 1. The molecule has 19 heavy (non-hydrogen) atoms. The summed E-state index contributed by atoms with van der Waals surface area (Å²) in [6.07, 6.45) is 4.46. The monoisotopic (exact) mass is 252 g/mol. The third kappa shape index (κ3) is 2.57. The molecule has 2 N–H and O–H groups in total. The molecule has 1 aromatic carbocycles. The van der Waals surface area contributed by atoms with Gasteiger partial charge in [-0.25, -0.2) is 9.97 Å². The molecule has 4 heteroatoms. The van der Waals surface area contributed by atoms with E-state index in [1.165, 1.54) is 10.9 Å². The number of H-pyrrole nitrogens is 1. The normalized spacial score (nSPS) is 10.8. The van der Waals surface area contributed by atoms with Crippen LogP contribution in [0.4, 0.5) is 5.82 Å². The molecule has 0 aliphatic heterocycles. The molecule has 3 rings (SSSR count). The Balaban J connectivity index is 1.74. The van der Waals surface area contributed by atoms with Gasteiger partial charge in [0.2, 0.25) is 0 Å². The van der Waals surface area contributed by atoms with E-state index in [-0.39, 0.29) is 0 Å². The van der Waals surface area contributed by atoms with Crippen molar-refractivity contribution in [1.82, 2.24) is 15.0 Å². The number of hydrogen-bond acceptors (Lipinski definition) is 3. The molecular formula is C15H16N4. The second-order valence-corrected chi connectivity index (χ2v) is 4.60. The highest BCUT2D eigenvalue weighted by Gasteiger charge is 2.02. The Labute approximate surface area is 111 Å². The molecule has 0 saturated carbocycles. The standard InChI is InChI=1S/C15H16N4/c1-11-8-15(17-7-6-12-9-16-10-18-12)19-14-5-3-2-4-13(11)14/h2-5,8-10H,6-7H2,1H3,(H,16,18)(H,17,19). The number of benzene rings is 1. The Morgan fingerprint density at radius 2 is 2.16 bits per heavy atom. The van der Waals surface area contributed by atoms with Crippen LogP contribution in [0.5, 0.6) is 0 Å². The fourth-order valence-electron chi connectivity index (χ4n) is 2.19. The number of aromatic amines is 1. The lowest BCUT2D eigenvalue weighted by molar-refractivity contribution is 0.969. The van der Waals surface area contributed by atoms with Crippen molar-refractivity contribution in [1.29, 1.82) is 0 Å². The predicted octanol–water partition coefficient (Wildman–Crippen LogP) is 2.92. The molecule has 0 radical (unpaired) electrons. The minimum Gasteiger partial charge on any atom is -0.370 e. The number of nitrogens with one attached hydrogen (secondary N) is 2. The number of para-hydroxylation sites is 1. The van der Waals surface area contributed by atoms with Gasteiger partial charge in [-0.2, -0.15) is 0 Å². The Hall–Kier alpha value is -2.36. The number of hydrogen-bond donors (Lipinski definition) is 2. The molecule has 96 valence electrons. The first-order chi connectivity index (χ1) is 9.33. The van der Waals surface area contributed by atoms with Crippen LogP contribution in [0.25, 0.3) is 10.9 Å². The molecule has 0 spiro atoms. The summed E-state index contributed by atoms with van der Waals surface area (Å²) >= 11 is 0. The van der Waals surface area contributed by atoms with Crippen molar-refractivity contribution in [3.63, 3.8) is 0 Å². The first-order valence-corrected chi connectivity index (χ1v) is 6.40. The lowest BCUT2D eigenvalue weighted by atomic mass is 10.1. The molecule has 0 fully saturated rings. The summed E-state index contributed by atoms with van der Waals surface area (Å²) in [5, 5.41) is 4.57. The van der Waals surface area contributed by atoms with Gasteiger partial charge in [-0.05, 0) is 24.6 Å². The third-order valence-electron chi connectivity index (χ3n) is 3.18. The fourth-order valence-corrected chi connectivity index (χ4v) is 2.19. The van der Waals surface area contributed by atoms with E-state index < -0.39 is 0 Å². The van der Waals surface area contributed by atoms with Gasteiger partial charge in [0.1, 0.15) is 5.82 Å². The number of pyridine rings is 1. The van der Waals surface area contributed by atoms with Crippen LogP contribution in [0.2, 0.25) is 0 Å². The van der Waals surface area contributed by atoms with E-state index in [2.05, 4.69) is 39.3 Å². The average Bonchev–Trinajstić information content (AvgIpc) is 2.92. The molecule has 0 unspecified atom stereocenters.